The average Bonchev–Trinajstić information content (AvgIpc) is 2.60. The number of rotatable bonds is 1. The molecule has 2 aromatic rings. The Morgan fingerprint density at radius 1 is 1.31 bits per heavy atom. The van der Waals surface area contributed by atoms with Crippen LogP contribution in [-0.4, -0.2) is 19.3 Å². The summed E-state index contributed by atoms with van der Waals surface area (Å²) in [7, 11) is 3.90. The minimum absolute atomic E-state index is 0.906. The van der Waals surface area contributed by atoms with Gasteiger partial charge in [-0.05, 0) is 13.0 Å². The molecule has 13 heavy (non-hydrogen) atoms. The van der Waals surface area contributed by atoms with Crippen molar-refractivity contribution >= 4 is 0 Å². The van der Waals surface area contributed by atoms with Crippen molar-refractivity contribution in [2.45, 2.75) is 6.92 Å². The van der Waals surface area contributed by atoms with Gasteiger partial charge in [-0.2, -0.15) is 5.10 Å². The van der Waals surface area contributed by atoms with Crippen molar-refractivity contribution in [3.63, 3.8) is 0 Å². The second kappa shape index (κ2) is 2.73. The van der Waals surface area contributed by atoms with E-state index in [0.29, 0.717) is 0 Å². The number of hydrogen-bond acceptors (Lipinski definition) is 2. The van der Waals surface area contributed by atoms with E-state index >= 15 is 0 Å². The molecule has 0 N–H and O–H groups in total. The molecule has 2 aromatic heterocycles. The van der Waals surface area contributed by atoms with Crippen molar-refractivity contribution in [1.29, 1.82) is 0 Å². The van der Waals surface area contributed by atoms with Crippen molar-refractivity contribution < 1.29 is 0 Å². The van der Waals surface area contributed by atoms with Crippen LogP contribution in [-0.2, 0) is 14.1 Å². The zero-order valence-corrected chi connectivity index (χ0v) is 8.02. The fourth-order valence-electron chi connectivity index (χ4n) is 1.28. The Morgan fingerprint density at radius 2 is 2.08 bits per heavy atom. The molecule has 0 radical (unpaired) electrons. The van der Waals surface area contributed by atoms with Gasteiger partial charge >= 0.3 is 0 Å². The fraction of sp³-hybridized carbons (Fsp3) is 0.333. The van der Waals surface area contributed by atoms with E-state index in [4.69, 9.17) is 0 Å². The number of imidazole rings is 1. The van der Waals surface area contributed by atoms with E-state index in [2.05, 4.69) is 10.1 Å². The highest BCUT2D eigenvalue weighted by Crippen LogP contribution is 2.14. The van der Waals surface area contributed by atoms with Crippen molar-refractivity contribution in [1.82, 2.24) is 19.3 Å². The molecule has 0 bridgehead atoms. The first-order valence-electron chi connectivity index (χ1n) is 4.17. The van der Waals surface area contributed by atoms with E-state index in [1.807, 2.05) is 42.5 Å². The topological polar surface area (TPSA) is 35.6 Å². The highest BCUT2D eigenvalue weighted by Gasteiger charge is 2.07. The smallest absolute Gasteiger partial charge is 0.160 e. The minimum atomic E-state index is 0.906. The molecule has 4 nitrogen and oxygen atoms in total. The van der Waals surface area contributed by atoms with Gasteiger partial charge in [-0.15, -0.1) is 0 Å². The van der Waals surface area contributed by atoms with Gasteiger partial charge in [0.1, 0.15) is 5.69 Å². The molecule has 0 aromatic carbocycles. The number of hydrogen-bond donors (Lipinski definition) is 0. The molecule has 0 fully saturated rings. The monoisotopic (exact) mass is 176 g/mol. The third-order valence-corrected chi connectivity index (χ3v) is 2.16. The summed E-state index contributed by atoms with van der Waals surface area (Å²) in [4.78, 5) is 4.23. The molecule has 0 atom stereocenters. The van der Waals surface area contributed by atoms with Crippen LogP contribution in [0.15, 0.2) is 18.5 Å². The van der Waals surface area contributed by atoms with Gasteiger partial charge in [0.15, 0.2) is 5.82 Å². The molecule has 2 rings (SSSR count). The Bertz CT molecular complexity index is 405. The molecule has 0 spiro atoms. The second-order valence-corrected chi connectivity index (χ2v) is 3.16. The molecule has 4 heteroatoms. The van der Waals surface area contributed by atoms with Gasteiger partial charge in [-0.3, -0.25) is 4.68 Å². The van der Waals surface area contributed by atoms with Crippen LogP contribution in [0.1, 0.15) is 5.69 Å². The molecule has 0 unspecified atom stereocenters. The number of aryl methyl sites for hydroxylation is 3. The predicted octanol–water partition coefficient (Wildman–Crippen LogP) is 1.13. The van der Waals surface area contributed by atoms with E-state index in [1.165, 1.54) is 0 Å². The Kier molecular flexibility index (Phi) is 1.69. The quantitative estimate of drug-likeness (QED) is 0.653. The molecular formula is C9H12N4. The Hall–Kier alpha value is -1.58. The Morgan fingerprint density at radius 3 is 2.54 bits per heavy atom. The van der Waals surface area contributed by atoms with E-state index in [0.717, 1.165) is 17.2 Å². The molecule has 68 valence electrons. The van der Waals surface area contributed by atoms with Crippen LogP contribution in [0.25, 0.3) is 11.5 Å². The summed E-state index contributed by atoms with van der Waals surface area (Å²) in [6, 6.07) is 2.03. The molecule has 0 saturated carbocycles. The van der Waals surface area contributed by atoms with Gasteiger partial charge in [0, 0.05) is 32.2 Å². The van der Waals surface area contributed by atoms with Crippen LogP contribution in [0, 0.1) is 6.92 Å². The first-order chi connectivity index (χ1) is 6.18. The van der Waals surface area contributed by atoms with Crippen molar-refractivity contribution in [2.75, 3.05) is 0 Å². The van der Waals surface area contributed by atoms with Gasteiger partial charge in [-0.25, -0.2) is 4.98 Å². The Balaban J connectivity index is 2.53. The largest absolute Gasteiger partial charge is 0.333 e. The number of nitrogens with zero attached hydrogens (tertiary/aromatic N) is 4. The Labute approximate surface area is 76.8 Å². The van der Waals surface area contributed by atoms with E-state index in [1.54, 1.807) is 6.20 Å². The maximum atomic E-state index is 4.35. The molecule has 0 aliphatic rings. The summed E-state index contributed by atoms with van der Waals surface area (Å²) in [5.41, 5.74) is 2.06. The standard InChI is InChI=1S/C9H12N4/c1-7-6-8(11-13(7)3)9-10-4-5-12(9)2/h4-6H,1-3H3. The summed E-state index contributed by atoms with van der Waals surface area (Å²) < 4.78 is 3.81. The van der Waals surface area contributed by atoms with Gasteiger partial charge in [0.2, 0.25) is 0 Å². The third-order valence-electron chi connectivity index (χ3n) is 2.16. The van der Waals surface area contributed by atoms with Crippen LogP contribution in [0.4, 0.5) is 0 Å². The van der Waals surface area contributed by atoms with E-state index in [9.17, 15) is 0 Å². The lowest BCUT2D eigenvalue weighted by molar-refractivity contribution is 0.739. The van der Waals surface area contributed by atoms with Crippen LogP contribution < -0.4 is 0 Å². The third kappa shape index (κ3) is 1.24. The summed E-state index contributed by atoms with van der Waals surface area (Å²) in [6.07, 6.45) is 3.69. The molecular weight excluding hydrogens is 164 g/mol. The summed E-state index contributed by atoms with van der Waals surface area (Å²) in [5, 5.41) is 4.35. The maximum Gasteiger partial charge on any atom is 0.160 e. The van der Waals surface area contributed by atoms with Gasteiger partial charge in [0.25, 0.3) is 0 Å². The first kappa shape index (κ1) is 8.04. The zero-order valence-electron chi connectivity index (χ0n) is 8.02. The average molecular weight is 176 g/mol. The highest BCUT2D eigenvalue weighted by molar-refractivity contribution is 5.49. The van der Waals surface area contributed by atoms with Gasteiger partial charge < -0.3 is 4.57 Å². The fourth-order valence-corrected chi connectivity index (χ4v) is 1.28. The summed E-state index contributed by atoms with van der Waals surface area (Å²) >= 11 is 0. The first-order valence-corrected chi connectivity index (χ1v) is 4.17. The van der Waals surface area contributed by atoms with Crippen molar-refractivity contribution in [3.05, 3.63) is 24.2 Å². The molecule has 0 saturated heterocycles. The van der Waals surface area contributed by atoms with Crippen molar-refractivity contribution in [3.8, 4) is 11.5 Å². The normalized spacial score (nSPS) is 10.7. The number of aromatic nitrogens is 4. The van der Waals surface area contributed by atoms with E-state index in [-0.39, 0.29) is 0 Å². The summed E-state index contributed by atoms with van der Waals surface area (Å²) in [6.45, 7) is 2.03. The lowest BCUT2D eigenvalue weighted by atomic mass is 10.3. The maximum absolute atomic E-state index is 4.35. The molecule has 0 aliphatic heterocycles. The lowest BCUT2D eigenvalue weighted by Crippen LogP contribution is -1.95. The highest BCUT2D eigenvalue weighted by atomic mass is 15.3. The SMILES string of the molecule is Cc1cc(-c2nccn2C)nn1C. The lowest BCUT2D eigenvalue weighted by Gasteiger charge is -1.95. The van der Waals surface area contributed by atoms with Gasteiger partial charge in [-0.1, -0.05) is 0 Å². The van der Waals surface area contributed by atoms with E-state index < -0.39 is 0 Å². The minimum Gasteiger partial charge on any atom is -0.333 e. The summed E-state index contributed by atoms with van der Waals surface area (Å²) in [5.74, 6) is 0.906. The van der Waals surface area contributed by atoms with Crippen LogP contribution >= 0.6 is 0 Å². The molecule has 0 amide bonds. The van der Waals surface area contributed by atoms with Crippen LogP contribution in [0.5, 0.6) is 0 Å². The predicted molar refractivity (Wildman–Crippen MR) is 50.1 cm³/mol. The molecule has 2 heterocycles. The van der Waals surface area contributed by atoms with Crippen molar-refractivity contribution in [2.24, 2.45) is 14.1 Å². The van der Waals surface area contributed by atoms with Gasteiger partial charge in [0.05, 0.1) is 0 Å². The van der Waals surface area contributed by atoms with Crippen LogP contribution in [0.2, 0.25) is 0 Å². The van der Waals surface area contributed by atoms with Crippen LogP contribution in [0.3, 0.4) is 0 Å². The zero-order chi connectivity index (χ0) is 9.42. The second-order valence-electron chi connectivity index (χ2n) is 3.16. The molecule has 0 aliphatic carbocycles.